The van der Waals surface area contributed by atoms with Gasteiger partial charge in [0, 0.05) is 18.2 Å². The van der Waals surface area contributed by atoms with Gasteiger partial charge in [-0.15, -0.1) is 0 Å². The minimum atomic E-state index is 0.114. The quantitative estimate of drug-likeness (QED) is 0.714. The van der Waals surface area contributed by atoms with Crippen LogP contribution in [-0.4, -0.2) is 23.5 Å². The molecule has 1 saturated carbocycles. The van der Waals surface area contributed by atoms with Crippen LogP contribution >= 0.6 is 11.8 Å². The molecule has 0 aliphatic heterocycles. The third-order valence-electron chi connectivity index (χ3n) is 2.41. The van der Waals surface area contributed by atoms with Gasteiger partial charge in [-0.1, -0.05) is 0 Å². The molecule has 1 N–H and O–H groups in total. The number of carbonyl (C=O) groups is 1. The fourth-order valence-corrected chi connectivity index (χ4v) is 2.47. The first kappa shape index (κ1) is 9.90. The number of hydrogen-bond donors (Lipinski definition) is 1. The van der Waals surface area contributed by atoms with E-state index in [-0.39, 0.29) is 5.91 Å². The first-order chi connectivity index (χ1) is 5.72. The Kier molecular flexibility index (Phi) is 3.92. The van der Waals surface area contributed by atoms with E-state index in [2.05, 4.69) is 11.6 Å². The third-order valence-corrected chi connectivity index (χ3v) is 3.55. The first-order valence-electron chi connectivity index (χ1n) is 4.52. The second-order valence-corrected chi connectivity index (χ2v) is 4.55. The van der Waals surface area contributed by atoms with Gasteiger partial charge in [-0.3, -0.25) is 4.79 Å². The Morgan fingerprint density at radius 2 is 1.92 bits per heavy atom. The molecule has 0 bridgehead atoms. The lowest BCUT2D eigenvalue weighted by Gasteiger charge is -2.27. The van der Waals surface area contributed by atoms with E-state index >= 15 is 0 Å². The van der Waals surface area contributed by atoms with Crippen molar-refractivity contribution in [3.05, 3.63) is 0 Å². The number of hydrogen-bond acceptors (Lipinski definition) is 2. The highest BCUT2D eigenvalue weighted by Gasteiger charge is 2.20. The third kappa shape index (κ3) is 3.05. The highest BCUT2D eigenvalue weighted by molar-refractivity contribution is 7.99. The van der Waals surface area contributed by atoms with Gasteiger partial charge in [0.1, 0.15) is 0 Å². The highest BCUT2D eigenvalue weighted by atomic mass is 32.2. The van der Waals surface area contributed by atoms with Gasteiger partial charge in [0.05, 0.1) is 0 Å². The van der Waals surface area contributed by atoms with Crippen molar-refractivity contribution in [3.63, 3.8) is 0 Å². The molecule has 0 aromatic carbocycles. The van der Waals surface area contributed by atoms with Crippen LogP contribution in [0.15, 0.2) is 0 Å². The van der Waals surface area contributed by atoms with Crippen molar-refractivity contribution >= 4 is 17.7 Å². The maximum absolute atomic E-state index is 10.7. The smallest absolute Gasteiger partial charge is 0.217 e. The van der Waals surface area contributed by atoms with Crippen LogP contribution in [0.25, 0.3) is 0 Å². The molecule has 1 amide bonds. The maximum atomic E-state index is 10.7. The molecule has 0 heterocycles. The zero-order chi connectivity index (χ0) is 8.97. The van der Waals surface area contributed by atoms with Crippen LogP contribution in [0.1, 0.15) is 32.6 Å². The van der Waals surface area contributed by atoms with Gasteiger partial charge in [0.15, 0.2) is 0 Å². The Hall–Kier alpha value is -0.180. The summed E-state index contributed by atoms with van der Waals surface area (Å²) in [6, 6.07) is 0.450. The molecule has 3 heteroatoms. The standard InChI is InChI=1S/C9H17NOS/c1-7(11)10-8-3-5-9(12-2)6-4-8/h8-9H,3-6H2,1-2H3,(H,10,11). The van der Waals surface area contributed by atoms with E-state index in [1.54, 1.807) is 6.92 Å². The second kappa shape index (κ2) is 4.75. The summed E-state index contributed by atoms with van der Waals surface area (Å²) in [5.74, 6) is 0.114. The fraction of sp³-hybridized carbons (Fsp3) is 0.889. The van der Waals surface area contributed by atoms with Crippen molar-refractivity contribution in [1.82, 2.24) is 5.32 Å². The molecule has 0 unspecified atom stereocenters. The summed E-state index contributed by atoms with van der Waals surface area (Å²) in [4.78, 5) is 10.7. The van der Waals surface area contributed by atoms with Crippen LogP contribution < -0.4 is 5.32 Å². The Balaban J connectivity index is 2.21. The van der Waals surface area contributed by atoms with Crippen molar-refractivity contribution in [3.8, 4) is 0 Å². The van der Waals surface area contributed by atoms with Gasteiger partial charge in [-0.25, -0.2) is 0 Å². The number of rotatable bonds is 2. The topological polar surface area (TPSA) is 29.1 Å². The van der Waals surface area contributed by atoms with Gasteiger partial charge in [0.2, 0.25) is 5.91 Å². The van der Waals surface area contributed by atoms with Crippen molar-refractivity contribution in [2.45, 2.75) is 43.9 Å². The lowest BCUT2D eigenvalue weighted by molar-refractivity contribution is -0.119. The van der Waals surface area contributed by atoms with Gasteiger partial charge in [-0.05, 0) is 31.9 Å². The molecule has 0 radical (unpaired) electrons. The lowest BCUT2D eigenvalue weighted by atomic mass is 9.95. The Bertz CT molecular complexity index is 153. The van der Waals surface area contributed by atoms with Crippen LogP contribution in [0.2, 0.25) is 0 Å². The maximum Gasteiger partial charge on any atom is 0.217 e. The summed E-state index contributed by atoms with van der Waals surface area (Å²) >= 11 is 1.95. The Morgan fingerprint density at radius 3 is 2.33 bits per heavy atom. The predicted molar refractivity (Wildman–Crippen MR) is 53.4 cm³/mol. The minimum absolute atomic E-state index is 0.114. The molecule has 0 saturated heterocycles. The molecule has 1 aliphatic rings. The summed E-state index contributed by atoms with van der Waals surface area (Å²) in [5.41, 5.74) is 0. The zero-order valence-electron chi connectivity index (χ0n) is 7.80. The summed E-state index contributed by atoms with van der Waals surface area (Å²) in [6.45, 7) is 1.60. The summed E-state index contributed by atoms with van der Waals surface area (Å²) in [5, 5.41) is 3.81. The van der Waals surface area contributed by atoms with Crippen molar-refractivity contribution in [1.29, 1.82) is 0 Å². The van der Waals surface area contributed by atoms with E-state index in [1.165, 1.54) is 12.8 Å². The molecule has 0 aromatic heterocycles. The normalized spacial score (nSPS) is 29.8. The Labute approximate surface area is 78.5 Å². The number of carbonyl (C=O) groups excluding carboxylic acids is 1. The summed E-state index contributed by atoms with van der Waals surface area (Å²) in [7, 11) is 0. The molecule has 0 aromatic rings. The van der Waals surface area contributed by atoms with E-state index in [0.717, 1.165) is 18.1 Å². The van der Waals surface area contributed by atoms with E-state index < -0.39 is 0 Å². The molecular formula is C9H17NOS. The van der Waals surface area contributed by atoms with E-state index in [0.29, 0.717) is 6.04 Å². The molecule has 1 rings (SSSR count). The predicted octanol–water partition coefficient (Wildman–Crippen LogP) is 1.80. The molecule has 2 nitrogen and oxygen atoms in total. The first-order valence-corrected chi connectivity index (χ1v) is 5.81. The molecule has 0 spiro atoms. The van der Waals surface area contributed by atoms with Crippen molar-refractivity contribution in [2.24, 2.45) is 0 Å². The van der Waals surface area contributed by atoms with Gasteiger partial charge >= 0.3 is 0 Å². The molecule has 0 atom stereocenters. The number of nitrogens with one attached hydrogen (secondary N) is 1. The second-order valence-electron chi connectivity index (χ2n) is 3.41. The average Bonchev–Trinajstić information content (AvgIpc) is 2.05. The zero-order valence-corrected chi connectivity index (χ0v) is 8.62. The Morgan fingerprint density at radius 1 is 1.33 bits per heavy atom. The molecule has 70 valence electrons. The van der Waals surface area contributed by atoms with Gasteiger partial charge < -0.3 is 5.32 Å². The summed E-state index contributed by atoms with van der Waals surface area (Å²) < 4.78 is 0. The minimum Gasteiger partial charge on any atom is -0.354 e. The van der Waals surface area contributed by atoms with Crippen LogP contribution in [0, 0.1) is 0 Å². The molecule has 1 fully saturated rings. The number of thioether (sulfide) groups is 1. The molecule has 12 heavy (non-hydrogen) atoms. The van der Waals surface area contributed by atoms with Crippen LogP contribution in [0.4, 0.5) is 0 Å². The fourth-order valence-electron chi connectivity index (χ4n) is 1.73. The summed E-state index contributed by atoms with van der Waals surface area (Å²) in [6.07, 6.45) is 7.00. The highest BCUT2D eigenvalue weighted by Crippen LogP contribution is 2.26. The van der Waals surface area contributed by atoms with E-state index in [1.807, 2.05) is 11.8 Å². The molecular weight excluding hydrogens is 170 g/mol. The van der Waals surface area contributed by atoms with Crippen molar-refractivity contribution in [2.75, 3.05) is 6.26 Å². The lowest BCUT2D eigenvalue weighted by Crippen LogP contribution is -2.36. The van der Waals surface area contributed by atoms with Gasteiger partial charge in [-0.2, -0.15) is 11.8 Å². The van der Waals surface area contributed by atoms with Gasteiger partial charge in [0.25, 0.3) is 0 Å². The van der Waals surface area contributed by atoms with Crippen LogP contribution in [0.3, 0.4) is 0 Å². The van der Waals surface area contributed by atoms with Crippen LogP contribution in [-0.2, 0) is 4.79 Å². The monoisotopic (exact) mass is 187 g/mol. The average molecular weight is 187 g/mol. The largest absolute Gasteiger partial charge is 0.354 e. The number of amides is 1. The van der Waals surface area contributed by atoms with Crippen molar-refractivity contribution < 1.29 is 4.79 Å². The van der Waals surface area contributed by atoms with E-state index in [9.17, 15) is 4.79 Å². The van der Waals surface area contributed by atoms with Crippen LogP contribution in [0.5, 0.6) is 0 Å². The SMILES string of the molecule is CSC1CCC(NC(C)=O)CC1. The molecule has 1 aliphatic carbocycles. The van der Waals surface area contributed by atoms with E-state index in [4.69, 9.17) is 0 Å².